The molecule has 0 spiro atoms. The fourth-order valence-electron chi connectivity index (χ4n) is 4.57. The van der Waals surface area contributed by atoms with Gasteiger partial charge in [0.25, 0.3) is 0 Å². The van der Waals surface area contributed by atoms with Crippen molar-refractivity contribution in [1.82, 2.24) is 25.0 Å². The lowest BCUT2D eigenvalue weighted by Gasteiger charge is -2.17. The number of aromatic nitrogens is 5. The van der Waals surface area contributed by atoms with Crippen LogP contribution in [0.5, 0.6) is 0 Å². The van der Waals surface area contributed by atoms with Crippen LogP contribution in [0.1, 0.15) is 50.6 Å². The number of rotatable bonds is 8. The van der Waals surface area contributed by atoms with E-state index in [9.17, 15) is 23.8 Å². The molecule has 2 fully saturated rings. The maximum atomic E-state index is 13.7. The molecule has 0 amide bonds. The molecule has 36 heavy (non-hydrogen) atoms. The molecule has 0 unspecified atom stereocenters. The number of benzene rings is 1. The summed E-state index contributed by atoms with van der Waals surface area (Å²) in [5.41, 5.74) is 1.45. The number of anilines is 1. The second-order valence-electron chi connectivity index (χ2n) is 9.11. The average Bonchev–Trinajstić information content (AvgIpc) is 3.39. The molecule has 10 nitrogen and oxygen atoms in total. The summed E-state index contributed by atoms with van der Waals surface area (Å²) in [6, 6.07) is 3.14. The number of carbonyl (C=O) groups excluding carboxylic acids is 1. The molecule has 2 aliphatic rings. The van der Waals surface area contributed by atoms with Crippen molar-refractivity contribution in [3.63, 3.8) is 0 Å². The van der Waals surface area contributed by atoms with Gasteiger partial charge in [0.15, 0.2) is 33.8 Å². The van der Waals surface area contributed by atoms with E-state index in [-0.39, 0.29) is 18.4 Å². The zero-order valence-electron chi connectivity index (χ0n) is 19.6. The number of carbonyl (C=O) groups is 1. The highest BCUT2D eigenvalue weighted by atomic mass is 32.2. The molecular weight excluding hydrogens is 494 g/mol. The van der Waals surface area contributed by atoms with Crippen molar-refractivity contribution < 1.29 is 28.5 Å². The predicted molar refractivity (Wildman–Crippen MR) is 126 cm³/mol. The van der Waals surface area contributed by atoms with E-state index in [2.05, 4.69) is 25.6 Å². The number of thioether (sulfide) groups is 1. The zero-order chi connectivity index (χ0) is 25.6. The molecule has 1 aromatic carbocycles. The van der Waals surface area contributed by atoms with Gasteiger partial charge in [0.05, 0.1) is 6.04 Å². The monoisotopic (exact) mass is 520 g/mol. The molecule has 3 N–H and O–H groups in total. The summed E-state index contributed by atoms with van der Waals surface area (Å²) >= 11 is 1.46. The van der Waals surface area contributed by atoms with Gasteiger partial charge in [-0.25, -0.2) is 23.4 Å². The second-order valence-corrected chi connectivity index (χ2v) is 10.2. The van der Waals surface area contributed by atoms with Crippen LogP contribution in [0.15, 0.2) is 23.4 Å². The van der Waals surface area contributed by atoms with E-state index in [1.807, 2.05) is 6.92 Å². The minimum Gasteiger partial charge on any atom is -0.460 e. The van der Waals surface area contributed by atoms with Gasteiger partial charge in [0.1, 0.15) is 18.3 Å². The first-order chi connectivity index (χ1) is 17.3. The Morgan fingerprint density at radius 2 is 2.03 bits per heavy atom. The lowest BCUT2D eigenvalue weighted by molar-refractivity contribution is -0.152. The molecule has 6 atom stereocenters. The van der Waals surface area contributed by atoms with Crippen LogP contribution >= 0.6 is 11.8 Å². The van der Waals surface area contributed by atoms with Gasteiger partial charge in [0, 0.05) is 31.1 Å². The molecule has 2 aromatic heterocycles. The van der Waals surface area contributed by atoms with Crippen molar-refractivity contribution in [2.45, 2.75) is 74.6 Å². The van der Waals surface area contributed by atoms with E-state index in [4.69, 9.17) is 4.74 Å². The molecule has 0 saturated heterocycles. The molecule has 3 aromatic rings. The maximum Gasteiger partial charge on any atom is 0.302 e. The molecule has 0 aliphatic heterocycles. The van der Waals surface area contributed by atoms with E-state index in [0.717, 1.165) is 18.2 Å². The summed E-state index contributed by atoms with van der Waals surface area (Å²) in [6.07, 6.45) is -1.62. The van der Waals surface area contributed by atoms with Crippen molar-refractivity contribution in [3.05, 3.63) is 35.4 Å². The summed E-state index contributed by atoms with van der Waals surface area (Å²) in [6.45, 7) is 3.28. The largest absolute Gasteiger partial charge is 0.460 e. The Balaban J connectivity index is 1.44. The third-order valence-corrected chi connectivity index (χ3v) is 7.51. The number of ether oxygens (including phenoxy) is 1. The Hall–Kier alpha value is -2.90. The third kappa shape index (κ3) is 4.74. The van der Waals surface area contributed by atoms with E-state index < -0.39 is 42.0 Å². The molecule has 2 aliphatic carbocycles. The Kier molecular flexibility index (Phi) is 6.79. The molecule has 2 heterocycles. The second kappa shape index (κ2) is 9.87. The number of hydrogen-bond acceptors (Lipinski definition) is 10. The molecule has 192 valence electrons. The van der Waals surface area contributed by atoms with Crippen LogP contribution in [0.3, 0.4) is 0 Å². The number of fused-ring (bicyclic) bond motifs is 1. The smallest absolute Gasteiger partial charge is 0.302 e. The van der Waals surface area contributed by atoms with Crippen molar-refractivity contribution in [3.8, 4) is 0 Å². The highest BCUT2D eigenvalue weighted by Crippen LogP contribution is 2.44. The van der Waals surface area contributed by atoms with Gasteiger partial charge in [-0.1, -0.05) is 30.0 Å². The number of hydrogen-bond donors (Lipinski definition) is 3. The molecule has 13 heteroatoms. The van der Waals surface area contributed by atoms with Gasteiger partial charge in [-0.15, -0.1) is 5.10 Å². The Morgan fingerprint density at radius 1 is 1.22 bits per heavy atom. The van der Waals surface area contributed by atoms with Crippen molar-refractivity contribution in [2.24, 2.45) is 0 Å². The SMILES string of the molecule is CCCSc1nc(N[C@@H]2C[C@H]2c2ccc(F)c(F)c2)c2nnn([C@@H]3C[C@H](OC(C)=O)[C@@H](O)[C@H]3O)c2n1. The number of aliphatic hydroxyl groups excluding tert-OH is 2. The van der Waals surface area contributed by atoms with Crippen LogP contribution in [-0.2, 0) is 9.53 Å². The predicted octanol–water partition coefficient (Wildman–Crippen LogP) is 2.57. The highest BCUT2D eigenvalue weighted by Gasteiger charge is 2.46. The first-order valence-electron chi connectivity index (χ1n) is 11.8. The average molecular weight is 521 g/mol. The molecule has 0 radical (unpaired) electrons. The fraction of sp³-hybridized carbons (Fsp3) is 0.522. The Morgan fingerprint density at radius 3 is 2.75 bits per heavy atom. The third-order valence-electron chi connectivity index (χ3n) is 6.45. The van der Waals surface area contributed by atoms with Crippen LogP contribution in [0.4, 0.5) is 14.6 Å². The number of nitrogens with zero attached hydrogens (tertiary/aromatic N) is 5. The van der Waals surface area contributed by atoms with E-state index in [1.165, 1.54) is 29.4 Å². The lowest BCUT2D eigenvalue weighted by atomic mass is 10.1. The van der Waals surface area contributed by atoms with Gasteiger partial charge in [-0.3, -0.25) is 4.79 Å². The molecular formula is C23H26F2N6O4S. The van der Waals surface area contributed by atoms with E-state index in [0.29, 0.717) is 34.1 Å². The summed E-state index contributed by atoms with van der Waals surface area (Å²) in [7, 11) is 0. The minimum atomic E-state index is -1.27. The van der Waals surface area contributed by atoms with Gasteiger partial charge in [-0.05, 0) is 30.5 Å². The number of halogens is 2. The maximum absolute atomic E-state index is 13.7. The zero-order valence-corrected chi connectivity index (χ0v) is 20.5. The Labute approximate surface area is 209 Å². The van der Waals surface area contributed by atoms with Crippen LogP contribution in [0.2, 0.25) is 0 Å². The number of aliphatic hydroxyl groups is 2. The summed E-state index contributed by atoms with van der Waals surface area (Å²) in [4.78, 5) is 20.6. The van der Waals surface area contributed by atoms with Gasteiger partial charge in [-0.2, -0.15) is 0 Å². The highest BCUT2D eigenvalue weighted by molar-refractivity contribution is 7.99. The van der Waals surface area contributed by atoms with Gasteiger partial charge in [0.2, 0.25) is 0 Å². The van der Waals surface area contributed by atoms with E-state index >= 15 is 0 Å². The first-order valence-corrected chi connectivity index (χ1v) is 12.8. The van der Waals surface area contributed by atoms with Crippen molar-refractivity contribution in [1.29, 1.82) is 0 Å². The number of esters is 1. The fourth-order valence-corrected chi connectivity index (χ4v) is 5.27. The lowest BCUT2D eigenvalue weighted by Crippen LogP contribution is -2.33. The van der Waals surface area contributed by atoms with Crippen LogP contribution in [0, 0.1) is 11.6 Å². The quantitative estimate of drug-likeness (QED) is 0.231. The van der Waals surface area contributed by atoms with Crippen molar-refractivity contribution in [2.75, 3.05) is 11.1 Å². The summed E-state index contributed by atoms with van der Waals surface area (Å²) in [5.74, 6) is -1.10. The molecule has 5 rings (SSSR count). The van der Waals surface area contributed by atoms with E-state index in [1.54, 1.807) is 6.07 Å². The number of nitrogens with one attached hydrogen (secondary N) is 1. The summed E-state index contributed by atoms with van der Waals surface area (Å²) in [5, 5.41) is 33.3. The summed E-state index contributed by atoms with van der Waals surface area (Å²) < 4.78 is 33.6. The van der Waals surface area contributed by atoms with Crippen LogP contribution < -0.4 is 5.32 Å². The molecule has 0 bridgehead atoms. The minimum absolute atomic E-state index is 0.0109. The Bertz CT molecular complexity index is 1290. The van der Waals surface area contributed by atoms with Crippen molar-refractivity contribution >= 4 is 34.7 Å². The normalized spacial score (nSPS) is 27.4. The topological polar surface area (TPSA) is 135 Å². The van der Waals surface area contributed by atoms with Crippen LogP contribution in [0.25, 0.3) is 11.2 Å². The van der Waals surface area contributed by atoms with Crippen LogP contribution in [-0.4, -0.2) is 71.3 Å². The standard InChI is InChI=1S/C23H26F2N6O4S/c1-3-6-36-23-27-21(26-15-8-12(15)11-4-5-13(24)14(25)7-11)18-22(28-23)31(30-29-18)16-9-17(35-10(2)32)20(34)19(16)33/h4-5,7,12,15-17,19-20,33-34H,3,6,8-9H2,1-2H3,(H,26,27,28)/t12-,15+,16+,17-,19-,20+/m0/s1. The van der Waals surface area contributed by atoms with Gasteiger partial charge >= 0.3 is 5.97 Å². The molecule has 2 saturated carbocycles. The van der Waals surface area contributed by atoms with Gasteiger partial charge < -0.3 is 20.3 Å². The first kappa shape index (κ1) is 24.8.